The molecule has 3 atom stereocenters. The van der Waals surface area contributed by atoms with Gasteiger partial charge in [0, 0.05) is 18.5 Å². The molecule has 2 heterocycles. The van der Waals surface area contributed by atoms with Gasteiger partial charge in [-0.25, -0.2) is 4.39 Å². The minimum absolute atomic E-state index is 0.00848. The molecule has 0 bridgehead atoms. The number of benzene rings is 2. The lowest BCUT2D eigenvalue weighted by Crippen LogP contribution is -2.53. The Bertz CT molecular complexity index is 1010. The van der Waals surface area contributed by atoms with E-state index in [9.17, 15) is 14.0 Å². The number of fused-ring (bicyclic) bond motifs is 1. The summed E-state index contributed by atoms with van der Waals surface area (Å²) in [4.78, 5) is 27.5. The maximum atomic E-state index is 14.2. The van der Waals surface area contributed by atoms with Gasteiger partial charge in [0.2, 0.25) is 11.8 Å². The molecule has 2 aromatic carbocycles. The molecule has 0 unspecified atom stereocenters. The largest absolute Gasteiger partial charge is 0.497 e. The molecule has 0 aliphatic carbocycles. The normalized spacial score (nSPS) is 25.6. The van der Waals surface area contributed by atoms with Crippen LogP contribution in [0.15, 0.2) is 42.5 Å². The van der Waals surface area contributed by atoms with Gasteiger partial charge < -0.3 is 15.4 Å². The van der Waals surface area contributed by atoms with Crippen LogP contribution in [0.4, 0.5) is 10.1 Å². The first-order chi connectivity index (χ1) is 15.3. The number of likely N-dealkylation sites (tertiary alicyclic amines) is 1. The molecule has 2 aliphatic rings. The Morgan fingerprint density at radius 1 is 1.28 bits per heavy atom. The molecule has 6 nitrogen and oxygen atoms in total. The second kappa shape index (κ2) is 8.90. The number of halogens is 1. The number of hydrogen-bond acceptors (Lipinski definition) is 4. The van der Waals surface area contributed by atoms with Crippen molar-refractivity contribution in [3.05, 3.63) is 59.4 Å². The van der Waals surface area contributed by atoms with E-state index in [1.807, 2.05) is 31.2 Å². The van der Waals surface area contributed by atoms with Crippen LogP contribution in [0.3, 0.4) is 0 Å². The molecule has 32 heavy (non-hydrogen) atoms. The van der Waals surface area contributed by atoms with Crippen molar-refractivity contribution in [3.63, 3.8) is 0 Å². The van der Waals surface area contributed by atoms with Crippen molar-refractivity contribution in [1.82, 2.24) is 10.2 Å². The molecule has 2 aliphatic heterocycles. The first kappa shape index (κ1) is 22.3. The van der Waals surface area contributed by atoms with E-state index in [1.54, 1.807) is 19.2 Å². The van der Waals surface area contributed by atoms with Gasteiger partial charge in [-0.15, -0.1) is 0 Å². The van der Waals surface area contributed by atoms with Gasteiger partial charge in [-0.05, 0) is 68.5 Å². The minimum atomic E-state index is -0.455. The van der Waals surface area contributed by atoms with Crippen LogP contribution in [0, 0.1) is 12.7 Å². The Morgan fingerprint density at radius 2 is 2.03 bits per heavy atom. The summed E-state index contributed by atoms with van der Waals surface area (Å²) in [7, 11) is 1.63. The summed E-state index contributed by atoms with van der Waals surface area (Å²) in [5.41, 5.74) is 1.68. The molecular formula is C25H30FN3O3. The third kappa shape index (κ3) is 4.48. The van der Waals surface area contributed by atoms with Gasteiger partial charge in [0.15, 0.2) is 0 Å². The fourth-order valence-corrected chi connectivity index (χ4v) is 5.14. The average Bonchev–Trinajstić information content (AvgIpc) is 2.92. The Kier molecular flexibility index (Phi) is 6.20. The average molecular weight is 440 g/mol. The highest BCUT2D eigenvalue weighted by molar-refractivity contribution is 5.92. The molecule has 2 aromatic rings. The zero-order valence-corrected chi connectivity index (χ0v) is 18.8. The molecular weight excluding hydrogens is 409 g/mol. The monoisotopic (exact) mass is 439 g/mol. The number of amides is 2. The Hall–Kier alpha value is -2.93. The molecule has 7 heteroatoms. The van der Waals surface area contributed by atoms with Crippen molar-refractivity contribution >= 4 is 17.5 Å². The number of aryl methyl sites for hydroxylation is 1. The molecule has 170 valence electrons. The van der Waals surface area contributed by atoms with Crippen LogP contribution < -0.4 is 15.4 Å². The van der Waals surface area contributed by atoms with Crippen LogP contribution in [-0.2, 0) is 9.59 Å². The van der Waals surface area contributed by atoms with Gasteiger partial charge >= 0.3 is 0 Å². The molecule has 2 N–H and O–H groups in total. The first-order valence-corrected chi connectivity index (χ1v) is 11.1. The van der Waals surface area contributed by atoms with Crippen molar-refractivity contribution < 1.29 is 18.7 Å². The summed E-state index contributed by atoms with van der Waals surface area (Å²) < 4.78 is 19.5. The predicted molar refractivity (Wildman–Crippen MR) is 121 cm³/mol. The highest BCUT2D eigenvalue weighted by atomic mass is 19.1. The van der Waals surface area contributed by atoms with E-state index in [1.165, 1.54) is 6.07 Å². The Labute approximate surface area is 188 Å². The van der Waals surface area contributed by atoms with E-state index in [0.29, 0.717) is 12.8 Å². The van der Waals surface area contributed by atoms with E-state index in [4.69, 9.17) is 4.74 Å². The molecule has 2 amide bonds. The van der Waals surface area contributed by atoms with E-state index in [-0.39, 0.29) is 36.1 Å². The van der Waals surface area contributed by atoms with Crippen LogP contribution in [0.1, 0.15) is 49.8 Å². The van der Waals surface area contributed by atoms with Crippen molar-refractivity contribution in [2.75, 3.05) is 19.0 Å². The SMILES string of the molecule is COc1ccc([C@@H]2C[C@]3(C)NC(=O)CCC[C@@H]3N2CC(=O)Nc2cc(C)ccc2F)cc1. The lowest BCUT2D eigenvalue weighted by atomic mass is 9.88. The predicted octanol–water partition coefficient (Wildman–Crippen LogP) is 3.96. The maximum Gasteiger partial charge on any atom is 0.238 e. The third-order valence-corrected chi connectivity index (χ3v) is 6.68. The summed E-state index contributed by atoms with van der Waals surface area (Å²) in [5, 5.41) is 5.95. The molecule has 2 saturated heterocycles. The second-order valence-corrected chi connectivity index (χ2v) is 9.07. The number of nitrogens with zero attached hydrogens (tertiary/aromatic N) is 1. The van der Waals surface area contributed by atoms with Gasteiger partial charge in [0.05, 0.1) is 24.9 Å². The summed E-state index contributed by atoms with van der Waals surface area (Å²) >= 11 is 0. The number of methoxy groups -OCH3 is 1. The molecule has 4 rings (SSSR count). The van der Waals surface area contributed by atoms with Crippen molar-refractivity contribution in [1.29, 1.82) is 0 Å². The number of nitrogens with one attached hydrogen (secondary N) is 2. The Balaban J connectivity index is 1.62. The van der Waals surface area contributed by atoms with Gasteiger partial charge in [0.1, 0.15) is 11.6 Å². The highest BCUT2D eigenvalue weighted by Crippen LogP contribution is 2.45. The number of hydrogen-bond donors (Lipinski definition) is 2. The summed E-state index contributed by atoms with van der Waals surface area (Å²) in [6.45, 7) is 4.03. The zero-order valence-electron chi connectivity index (χ0n) is 18.8. The summed E-state index contributed by atoms with van der Waals surface area (Å²) in [6, 6.07) is 12.4. The van der Waals surface area contributed by atoms with E-state index in [2.05, 4.69) is 22.5 Å². The van der Waals surface area contributed by atoms with Gasteiger partial charge in [-0.3, -0.25) is 14.5 Å². The van der Waals surface area contributed by atoms with Crippen molar-refractivity contribution in [3.8, 4) is 5.75 Å². The number of rotatable bonds is 5. The second-order valence-electron chi connectivity index (χ2n) is 9.07. The van der Waals surface area contributed by atoms with E-state index >= 15 is 0 Å². The molecule has 2 fully saturated rings. The topological polar surface area (TPSA) is 70.7 Å². The van der Waals surface area contributed by atoms with Gasteiger partial charge in [-0.1, -0.05) is 18.2 Å². The smallest absolute Gasteiger partial charge is 0.238 e. The number of anilines is 1. The van der Waals surface area contributed by atoms with Crippen LogP contribution in [0.5, 0.6) is 5.75 Å². The highest BCUT2D eigenvalue weighted by Gasteiger charge is 2.51. The molecule has 0 aromatic heterocycles. The lowest BCUT2D eigenvalue weighted by Gasteiger charge is -2.34. The fraction of sp³-hybridized carbons (Fsp3) is 0.440. The number of carbonyl (C=O) groups excluding carboxylic acids is 2. The van der Waals surface area contributed by atoms with Crippen molar-refractivity contribution in [2.24, 2.45) is 0 Å². The third-order valence-electron chi connectivity index (χ3n) is 6.68. The quantitative estimate of drug-likeness (QED) is 0.740. The number of carbonyl (C=O) groups is 2. The first-order valence-electron chi connectivity index (χ1n) is 11.1. The van der Waals surface area contributed by atoms with Crippen LogP contribution in [0.2, 0.25) is 0 Å². The minimum Gasteiger partial charge on any atom is -0.497 e. The number of ether oxygens (including phenoxy) is 1. The van der Waals surface area contributed by atoms with Crippen LogP contribution >= 0.6 is 0 Å². The van der Waals surface area contributed by atoms with E-state index in [0.717, 1.165) is 29.7 Å². The van der Waals surface area contributed by atoms with Crippen LogP contribution in [0.25, 0.3) is 0 Å². The molecule has 0 saturated carbocycles. The maximum absolute atomic E-state index is 14.2. The van der Waals surface area contributed by atoms with Gasteiger partial charge in [0.25, 0.3) is 0 Å². The summed E-state index contributed by atoms with van der Waals surface area (Å²) in [5.74, 6) is 0.0905. The molecule has 0 spiro atoms. The lowest BCUT2D eigenvalue weighted by molar-refractivity contribution is -0.122. The Morgan fingerprint density at radius 3 is 2.75 bits per heavy atom. The fourth-order valence-electron chi connectivity index (χ4n) is 5.14. The van der Waals surface area contributed by atoms with Gasteiger partial charge in [-0.2, -0.15) is 0 Å². The van der Waals surface area contributed by atoms with Crippen LogP contribution in [-0.4, -0.2) is 41.9 Å². The molecule has 0 radical (unpaired) electrons. The standard InChI is InChI=1S/C25H30FN3O3/c1-16-7-12-19(26)20(13-16)27-24(31)15-29-21(17-8-10-18(32-3)11-9-17)14-25(2)22(29)5-4-6-23(30)28-25/h7-13,21-22H,4-6,14-15H2,1-3H3,(H,27,31)(H,28,30)/t21-,22-,25-/m0/s1. The zero-order chi connectivity index (χ0) is 22.9. The summed E-state index contributed by atoms with van der Waals surface area (Å²) in [6.07, 6.45) is 2.77. The van der Waals surface area contributed by atoms with Crippen molar-refractivity contribution in [2.45, 2.75) is 57.2 Å². The van der Waals surface area contributed by atoms with E-state index < -0.39 is 11.4 Å².